The number of nitrogens with zero attached hydrogens (tertiary/aromatic N) is 5. The molecule has 0 aliphatic carbocycles. The van der Waals surface area contributed by atoms with E-state index >= 15 is 0 Å². The topological polar surface area (TPSA) is 83.8 Å². The first kappa shape index (κ1) is 19.8. The van der Waals surface area contributed by atoms with Gasteiger partial charge in [-0.15, -0.1) is 0 Å². The van der Waals surface area contributed by atoms with Crippen molar-refractivity contribution in [1.29, 1.82) is 0 Å². The molecule has 2 fully saturated rings. The van der Waals surface area contributed by atoms with E-state index in [4.69, 9.17) is 16.6 Å². The molecule has 32 heavy (non-hydrogen) atoms. The molecule has 0 saturated carbocycles. The number of H-pyrrole nitrogens is 1. The molecule has 9 heteroatoms. The number of hydrogen-bond donors (Lipinski definition) is 2. The number of benzene rings is 1. The molecule has 1 aromatic carbocycles. The first-order valence-corrected chi connectivity index (χ1v) is 11.6. The Morgan fingerprint density at radius 1 is 1.28 bits per heavy atom. The van der Waals surface area contributed by atoms with Gasteiger partial charge in [-0.1, -0.05) is 17.7 Å². The third kappa shape index (κ3) is 2.62. The van der Waals surface area contributed by atoms with Crippen molar-refractivity contribution < 1.29 is 0 Å². The molecule has 2 unspecified atom stereocenters. The van der Waals surface area contributed by atoms with Gasteiger partial charge in [-0.2, -0.15) is 10.1 Å². The standard InChI is InChI=1S/C23H26ClN7O/c1-4-30-11-15-16(28-30)7-6-13(20(15)24)14-10-26-21-19(14)22(32)29(3)23(27-21)31-12-5-8-18(31)17(9-12)25-2/h6-7,10-12,17-18,25-26H,4-5,8-9H2,1-3H3/t12?,17-,18?/m1/s1. The molecule has 3 atom stereocenters. The molecule has 0 amide bonds. The lowest BCUT2D eigenvalue weighted by molar-refractivity contribution is 0.445. The van der Waals surface area contributed by atoms with E-state index in [9.17, 15) is 4.79 Å². The Kier molecular flexibility index (Phi) is 4.39. The summed E-state index contributed by atoms with van der Waals surface area (Å²) in [6, 6.07) is 5.13. The molecule has 166 valence electrons. The van der Waals surface area contributed by atoms with Gasteiger partial charge in [0.1, 0.15) is 5.65 Å². The zero-order valence-electron chi connectivity index (χ0n) is 18.4. The van der Waals surface area contributed by atoms with Crippen LogP contribution in [0.25, 0.3) is 33.1 Å². The Morgan fingerprint density at radius 3 is 2.88 bits per heavy atom. The highest BCUT2D eigenvalue weighted by molar-refractivity contribution is 6.38. The summed E-state index contributed by atoms with van der Waals surface area (Å²) in [5.41, 5.74) is 2.97. The molecule has 4 aromatic rings. The molecular formula is C23H26ClN7O. The highest BCUT2D eigenvalue weighted by atomic mass is 35.5. The van der Waals surface area contributed by atoms with Crippen molar-refractivity contribution in [3.63, 3.8) is 0 Å². The van der Waals surface area contributed by atoms with Crippen molar-refractivity contribution in [2.24, 2.45) is 7.05 Å². The first-order valence-electron chi connectivity index (χ1n) is 11.2. The maximum absolute atomic E-state index is 13.6. The van der Waals surface area contributed by atoms with Crippen LogP contribution < -0.4 is 15.8 Å². The number of rotatable bonds is 4. The lowest BCUT2D eigenvalue weighted by atomic mass is 9.96. The monoisotopic (exact) mass is 451 g/mol. The smallest absolute Gasteiger partial charge is 0.264 e. The fraction of sp³-hybridized carbons (Fsp3) is 0.435. The lowest BCUT2D eigenvalue weighted by Crippen LogP contribution is -2.41. The average Bonchev–Trinajstić information content (AvgIpc) is 3.57. The number of hydrogen-bond acceptors (Lipinski definition) is 5. The van der Waals surface area contributed by atoms with Crippen LogP contribution in [0.1, 0.15) is 26.2 Å². The molecule has 2 saturated heterocycles. The van der Waals surface area contributed by atoms with E-state index in [2.05, 4.69) is 20.3 Å². The number of aromatic nitrogens is 5. The van der Waals surface area contributed by atoms with Crippen LogP contribution in [0.3, 0.4) is 0 Å². The van der Waals surface area contributed by atoms with Gasteiger partial charge in [0.2, 0.25) is 5.95 Å². The van der Waals surface area contributed by atoms with Crippen molar-refractivity contribution >= 4 is 39.5 Å². The van der Waals surface area contributed by atoms with Crippen LogP contribution in [0.5, 0.6) is 0 Å². The van der Waals surface area contributed by atoms with E-state index in [-0.39, 0.29) is 5.56 Å². The van der Waals surface area contributed by atoms with Gasteiger partial charge >= 0.3 is 0 Å². The molecule has 8 nitrogen and oxygen atoms in total. The van der Waals surface area contributed by atoms with Crippen molar-refractivity contribution in [2.75, 3.05) is 11.9 Å². The van der Waals surface area contributed by atoms with Gasteiger partial charge in [0.25, 0.3) is 5.56 Å². The zero-order chi connectivity index (χ0) is 22.1. The fourth-order valence-electron chi connectivity index (χ4n) is 5.68. The van der Waals surface area contributed by atoms with Gasteiger partial charge in [-0.25, -0.2) is 0 Å². The first-order chi connectivity index (χ1) is 15.5. The largest absolute Gasteiger partial charge is 0.345 e. The Hall–Kier alpha value is -2.84. The van der Waals surface area contributed by atoms with E-state index in [0.717, 1.165) is 53.8 Å². The predicted molar refractivity (Wildman–Crippen MR) is 127 cm³/mol. The molecule has 0 radical (unpaired) electrons. The summed E-state index contributed by atoms with van der Waals surface area (Å²) in [5, 5.41) is 10.0. The molecule has 2 N–H and O–H groups in total. The third-order valence-electron chi connectivity index (χ3n) is 7.31. The van der Waals surface area contributed by atoms with E-state index in [1.54, 1.807) is 4.57 Å². The number of halogens is 1. The van der Waals surface area contributed by atoms with E-state index < -0.39 is 0 Å². The zero-order valence-corrected chi connectivity index (χ0v) is 19.1. The van der Waals surface area contributed by atoms with Crippen molar-refractivity contribution in [3.05, 3.63) is 39.9 Å². The van der Waals surface area contributed by atoms with Gasteiger partial charge in [0, 0.05) is 60.6 Å². The summed E-state index contributed by atoms with van der Waals surface area (Å²) < 4.78 is 3.57. The fourth-order valence-corrected chi connectivity index (χ4v) is 5.99. The van der Waals surface area contributed by atoms with Gasteiger partial charge in [-0.05, 0) is 39.3 Å². The van der Waals surface area contributed by atoms with Gasteiger partial charge in [-0.3, -0.25) is 14.0 Å². The molecular weight excluding hydrogens is 426 g/mol. The van der Waals surface area contributed by atoms with Gasteiger partial charge in [0.15, 0.2) is 0 Å². The number of aromatic amines is 1. The summed E-state index contributed by atoms with van der Waals surface area (Å²) >= 11 is 6.80. The second-order valence-corrected chi connectivity index (χ2v) is 9.26. The summed E-state index contributed by atoms with van der Waals surface area (Å²) in [6.45, 7) is 2.81. The third-order valence-corrected chi connectivity index (χ3v) is 7.72. The van der Waals surface area contributed by atoms with Crippen LogP contribution in [0.15, 0.2) is 29.3 Å². The van der Waals surface area contributed by atoms with Crippen molar-refractivity contribution in [2.45, 2.75) is 50.9 Å². The predicted octanol–water partition coefficient (Wildman–Crippen LogP) is 3.28. The maximum atomic E-state index is 13.6. The molecule has 2 bridgehead atoms. The number of likely N-dealkylation sites (N-methyl/N-ethyl adjacent to an activating group) is 1. The molecule has 0 spiro atoms. The SMILES string of the molecule is CCn1cc2c(Cl)c(-c3c[nH]c4nc(N5C6CCC5[C@H](NC)C6)n(C)c(=O)c34)ccc2n1. The Labute approximate surface area is 190 Å². The number of fused-ring (bicyclic) bond motifs is 4. The van der Waals surface area contributed by atoms with Gasteiger partial charge < -0.3 is 15.2 Å². The molecule has 2 aliphatic rings. The highest BCUT2D eigenvalue weighted by Gasteiger charge is 2.47. The van der Waals surface area contributed by atoms with Crippen LogP contribution in [0.4, 0.5) is 5.95 Å². The van der Waals surface area contributed by atoms with Crippen LogP contribution in [0, 0.1) is 0 Å². The normalized spacial score (nSPS) is 22.6. The van der Waals surface area contributed by atoms with E-state index in [0.29, 0.717) is 34.2 Å². The quantitative estimate of drug-likeness (QED) is 0.497. The van der Waals surface area contributed by atoms with Gasteiger partial charge in [0.05, 0.1) is 15.9 Å². The maximum Gasteiger partial charge on any atom is 0.264 e. The van der Waals surface area contributed by atoms with E-state index in [1.165, 1.54) is 0 Å². The van der Waals surface area contributed by atoms with E-state index in [1.807, 2.05) is 50.2 Å². The lowest BCUT2D eigenvalue weighted by Gasteiger charge is -2.26. The number of aryl methyl sites for hydroxylation is 1. The summed E-state index contributed by atoms with van der Waals surface area (Å²) in [7, 11) is 3.84. The highest BCUT2D eigenvalue weighted by Crippen LogP contribution is 2.41. The summed E-state index contributed by atoms with van der Waals surface area (Å²) in [6.07, 6.45) is 7.15. The minimum Gasteiger partial charge on any atom is -0.345 e. The number of nitrogens with one attached hydrogen (secondary N) is 2. The van der Waals surface area contributed by atoms with Crippen LogP contribution in [-0.4, -0.2) is 49.5 Å². The Balaban J connectivity index is 1.50. The Bertz CT molecular complexity index is 1420. The second-order valence-electron chi connectivity index (χ2n) is 8.88. The van der Waals surface area contributed by atoms with Crippen LogP contribution in [0.2, 0.25) is 5.02 Å². The molecule has 3 aromatic heterocycles. The Morgan fingerprint density at radius 2 is 2.12 bits per heavy atom. The molecule has 2 aliphatic heterocycles. The van der Waals surface area contributed by atoms with Crippen LogP contribution in [-0.2, 0) is 13.6 Å². The van der Waals surface area contributed by atoms with Crippen molar-refractivity contribution in [3.8, 4) is 11.1 Å². The summed E-state index contributed by atoms with van der Waals surface area (Å²) in [5.74, 6) is 0.743. The molecule has 6 rings (SSSR count). The molecule has 5 heterocycles. The minimum atomic E-state index is -0.0611. The number of anilines is 1. The summed E-state index contributed by atoms with van der Waals surface area (Å²) in [4.78, 5) is 24.1. The minimum absolute atomic E-state index is 0.0611. The second kappa shape index (κ2) is 7.08. The van der Waals surface area contributed by atoms with Crippen molar-refractivity contribution in [1.82, 2.24) is 29.6 Å². The average molecular weight is 452 g/mol. The van der Waals surface area contributed by atoms with Crippen LogP contribution >= 0.6 is 11.6 Å².